The fourth-order valence-corrected chi connectivity index (χ4v) is 9.63. The van der Waals surface area contributed by atoms with Crippen molar-refractivity contribution in [2.75, 3.05) is 12.4 Å². The molecule has 0 heterocycles. The Hall–Kier alpha value is -1.59. The monoisotopic (exact) mass is 497 g/mol. The van der Waals surface area contributed by atoms with Gasteiger partial charge in [0.2, 0.25) is 5.91 Å². The Morgan fingerprint density at radius 2 is 1.72 bits per heavy atom. The summed E-state index contributed by atoms with van der Waals surface area (Å²) in [5.41, 5.74) is 1.34. The second-order valence-electron chi connectivity index (χ2n) is 13.2. The first-order valence-corrected chi connectivity index (χ1v) is 14.5. The van der Waals surface area contributed by atoms with Crippen molar-refractivity contribution in [2.24, 2.45) is 46.3 Å². The van der Waals surface area contributed by atoms with Gasteiger partial charge < -0.3 is 20.3 Å². The van der Waals surface area contributed by atoms with E-state index in [1.807, 2.05) is 24.3 Å². The molecular formula is C31H47NO4. The number of nitrogens with one attached hydrogen (secondary N) is 1. The van der Waals surface area contributed by atoms with Gasteiger partial charge in [0.15, 0.2) is 0 Å². The molecule has 0 saturated heterocycles. The normalized spacial score (nSPS) is 42.6. The SMILES string of the molecule is COc1ccc(NC(=O)CC[C@@H](C)[C@H]2CC[C@H]3[C@@H]4[C@@H](O)C[C@@H]5C[C@H](O)CC[C@]5(C)[C@H]4CC[C@]23C)cc1. The van der Waals surface area contributed by atoms with Crippen molar-refractivity contribution in [3.8, 4) is 5.75 Å². The highest BCUT2D eigenvalue weighted by Gasteiger charge is 2.62. The number of hydrogen-bond donors (Lipinski definition) is 3. The highest BCUT2D eigenvalue weighted by Crippen LogP contribution is 2.68. The summed E-state index contributed by atoms with van der Waals surface area (Å²) in [5, 5.41) is 24.8. The van der Waals surface area contributed by atoms with E-state index in [9.17, 15) is 15.0 Å². The van der Waals surface area contributed by atoms with Gasteiger partial charge in [0.1, 0.15) is 5.75 Å². The van der Waals surface area contributed by atoms with Crippen LogP contribution in [0.2, 0.25) is 0 Å². The van der Waals surface area contributed by atoms with Crippen LogP contribution in [-0.4, -0.2) is 35.4 Å². The summed E-state index contributed by atoms with van der Waals surface area (Å²) in [6, 6.07) is 7.50. The van der Waals surface area contributed by atoms with Crippen molar-refractivity contribution in [3.05, 3.63) is 24.3 Å². The van der Waals surface area contributed by atoms with Gasteiger partial charge in [-0.1, -0.05) is 20.8 Å². The molecule has 200 valence electrons. The molecule has 0 bridgehead atoms. The van der Waals surface area contributed by atoms with Crippen LogP contribution in [0.1, 0.15) is 85.0 Å². The van der Waals surface area contributed by atoms with E-state index in [2.05, 4.69) is 26.1 Å². The number of carbonyl (C=O) groups excluding carboxylic acids is 1. The molecule has 10 atom stereocenters. The van der Waals surface area contributed by atoms with Gasteiger partial charge in [0, 0.05) is 12.1 Å². The summed E-state index contributed by atoms with van der Waals surface area (Å²) in [6.45, 7) is 7.33. The fraction of sp³-hybridized carbons (Fsp3) is 0.774. The number of benzene rings is 1. The second kappa shape index (κ2) is 9.94. The molecule has 5 heteroatoms. The van der Waals surface area contributed by atoms with Gasteiger partial charge in [0.05, 0.1) is 19.3 Å². The number of rotatable bonds is 6. The summed E-state index contributed by atoms with van der Waals surface area (Å²) in [4.78, 5) is 12.7. The number of methoxy groups -OCH3 is 1. The van der Waals surface area contributed by atoms with Gasteiger partial charge in [-0.2, -0.15) is 0 Å². The summed E-state index contributed by atoms with van der Waals surface area (Å²) in [5.74, 6) is 4.00. The lowest BCUT2D eigenvalue weighted by atomic mass is 9.43. The third-order valence-electron chi connectivity index (χ3n) is 11.6. The van der Waals surface area contributed by atoms with Crippen molar-refractivity contribution in [2.45, 2.75) is 97.2 Å². The predicted molar refractivity (Wildman–Crippen MR) is 143 cm³/mol. The standard InChI is InChI=1S/C31H47NO4/c1-19(5-12-28(35)32-21-6-8-23(36-4)9-7-21)24-10-11-25-29-26(14-16-31(24,25)3)30(2)15-13-22(33)17-20(30)18-27(29)34/h6-9,19-20,22,24-27,29,33-34H,5,10-18H2,1-4H3,(H,32,35)/t19-,20+,22-,24-,25+,26+,27+,29+,30+,31-/m1/s1. The van der Waals surface area contributed by atoms with E-state index >= 15 is 0 Å². The van der Waals surface area contributed by atoms with Crippen molar-refractivity contribution in [3.63, 3.8) is 0 Å². The molecule has 0 radical (unpaired) electrons. The molecule has 1 aromatic rings. The van der Waals surface area contributed by atoms with Gasteiger partial charge in [0.25, 0.3) is 0 Å². The number of anilines is 1. The first-order chi connectivity index (χ1) is 17.2. The van der Waals surface area contributed by atoms with Crippen LogP contribution in [0.5, 0.6) is 5.75 Å². The maximum atomic E-state index is 12.7. The minimum atomic E-state index is -0.229. The number of fused-ring (bicyclic) bond motifs is 5. The molecule has 5 nitrogen and oxygen atoms in total. The average molecular weight is 498 g/mol. The van der Waals surface area contributed by atoms with E-state index in [4.69, 9.17) is 4.74 Å². The van der Waals surface area contributed by atoms with Crippen LogP contribution in [0, 0.1) is 46.3 Å². The number of ether oxygens (including phenoxy) is 1. The summed E-state index contributed by atoms with van der Waals surface area (Å²) in [7, 11) is 1.64. The largest absolute Gasteiger partial charge is 0.497 e. The van der Waals surface area contributed by atoms with E-state index in [1.165, 1.54) is 25.7 Å². The van der Waals surface area contributed by atoms with Crippen molar-refractivity contribution in [1.82, 2.24) is 0 Å². The van der Waals surface area contributed by atoms with E-state index in [0.717, 1.165) is 43.5 Å². The molecule has 0 spiro atoms. The quantitative estimate of drug-likeness (QED) is 0.448. The zero-order chi connectivity index (χ0) is 25.7. The Labute approximate surface area is 217 Å². The molecule has 4 saturated carbocycles. The molecule has 1 amide bonds. The zero-order valence-corrected chi connectivity index (χ0v) is 22.7. The van der Waals surface area contributed by atoms with Crippen LogP contribution >= 0.6 is 0 Å². The zero-order valence-electron chi connectivity index (χ0n) is 22.7. The Bertz CT molecular complexity index is 933. The van der Waals surface area contributed by atoms with Crippen LogP contribution in [0.3, 0.4) is 0 Å². The highest BCUT2D eigenvalue weighted by atomic mass is 16.5. The Morgan fingerprint density at radius 1 is 1.03 bits per heavy atom. The number of carbonyl (C=O) groups is 1. The average Bonchev–Trinajstić information content (AvgIpc) is 3.21. The summed E-state index contributed by atoms with van der Waals surface area (Å²) >= 11 is 0. The van der Waals surface area contributed by atoms with Crippen LogP contribution in [0.25, 0.3) is 0 Å². The van der Waals surface area contributed by atoms with Crippen LogP contribution in [0.15, 0.2) is 24.3 Å². The summed E-state index contributed by atoms with van der Waals surface area (Å²) in [6.07, 6.45) is 9.69. The van der Waals surface area contributed by atoms with Crippen LogP contribution in [-0.2, 0) is 4.79 Å². The molecule has 4 fully saturated rings. The number of hydrogen-bond acceptors (Lipinski definition) is 4. The molecule has 4 aliphatic rings. The molecule has 0 aliphatic heterocycles. The van der Waals surface area contributed by atoms with E-state index in [1.54, 1.807) is 7.11 Å². The van der Waals surface area contributed by atoms with E-state index < -0.39 is 0 Å². The highest BCUT2D eigenvalue weighted by molar-refractivity contribution is 5.90. The van der Waals surface area contributed by atoms with Crippen LogP contribution in [0.4, 0.5) is 5.69 Å². The lowest BCUT2D eigenvalue weighted by Gasteiger charge is -2.62. The minimum Gasteiger partial charge on any atom is -0.497 e. The Kier molecular flexibility index (Phi) is 7.19. The molecule has 1 aromatic carbocycles. The van der Waals surface area contributed by atoms with E-state index in [-0.39, 0.29) is 28.9 Å². The Morgan fingerprint density at radius 3 is 2.44 bits per heavy atom. The second-order valence-corrected chi connectivity index (χ2v) is 13.2. The van der Waals surface area contributed by atoms with Crippen LogP contribution < -0.4 is 10.1 Å². The maximum absolute atomic E-state index is 12.7. The van der Waals surface area contributed by atoms with Gasteiger partial charge in [-0.25, -0.2) is 0 Å². The number of aliphatic hydroxyl groups is 2. The van der Waals surface area contributed by atoms with E-state index in [0.29, 0.717) is 41.9 Å². The maximum Gasteiger partial charge on any atom is 0.224 e. The topological polar surface area (TPSA) is 78.8 Å². The molecule has 3 N–H and O–H groups in total. The lowest BCUT2D eigenvalue weighted by molar-refractivity contribution is -0.174. The number of aliphatic hydroxyl groups excluding tert-OH is 2. The smallest absolute Gasteiger partial charge is 0.224 e. The Balaban J connectivity index is 1.22. The molecule has 5 rings (SSSR count). The van der Waals surface area contributed by atoms with Gasteiger partial charge >= 0.3 is 0 Å². The van der Waals surface area contributed by atoms with Gasteiger partial charge in [-0.05, 0) is 128 Å². The van der Waals surface area contributed by atoms with Crippen molar-refractivity contribution >= 4 is 11.6 Å². The first kappa shape index (κ1) is 26.0. The molecule has 0 unspecified atom stereocenters. The minimum absolute atomic E-state index is 0.0802. The molecule has 4 aliphatic carbocycles. The number of amides is 1. The molecule has 0 aromatic heterocycles. The molecule has 36 heavy (non-hydrogen) atoms. The third kappa shape index (κ3) is 4.49. The fourth-order valence-electron chi connectivity index (χ4n) is 9.63. The van der Waals surface area contributed by atoms with Crippen molar-refractivity contribution < 1.29 is 19.7 Å². The predicted octanol–water partition coefficient (Wildman–Crippen LogP) is 6.04. The van der Waals surface area contributed by atoms with Gasteiger partial charge in [-0.3, -0.25) is 4.79 Å². The lowest BCUT2D eigenvalue weighted by Crippen LogP contribution is -2.58. The van der Waals surface area contributed by atoms with Gasteiger partial charge in [-0.15, -0.1) is 0 Å². The summed E-state index contributed by atoms with van der Waals surface area (Å²) < 4.78 is 5.20. The first-order valence-electron chi connectivity index (χ1n) is 14.5. The third-order valence-corrected chi connectivity index (χ3v) is 11.6. The molecular weight excluding hydrogens is 450 g/mol. The van der Waals surface area contributed by atoms with Crippen molar-refractivity contribution in [1.29, 1.82) is 0 Å².